The summed E-state index contributed by atoms with van der Waals surface area (Å²) in [6, 6.07) is 1.24. The molecule has 2 aromatic rings. The largest absolute Gasteiger partial charge is 0.506 e. The minimum atomic E-state index is -0.509. The summed E-state index contributed by atoms with van der Waals surface area (Å²) in [5.41, 5.74) is -0.226. The van der Waals surface area contributed by atoms with E-state index in [9.17, 15) is 15.0 Å². The molecule has 0 aliphatic heterocycles. The van der Waals surface area contributed by atoms with Gasteiger partial charge in [0.25, 0.3) is 5.56 Å². The maximum Gasteiger partial charge on any atom is 0.296 e. The summed E-state index contributed by atoms with van der Waals surface area (Å²) in [5.74, 6) is -0.863. The Morgan fingerprint density at radius 3 is 2.76 bits per heavy atom. The first-order valence-corrected chi connectivity index (χ1v) is 6.62. The van der Waals surface area contributed by atoms with Crippen molar-refractivity contribution in [3.8, 4) is 11.5 Å². The van der Waals surface area contributed by atoms with Crippen LogP contribution < -0.4 is 5.56 Å². The molecule has 0 bridgehead atoms. The molecule has 1 aromatic heterocycles. The Morgan fingerprint density at radius 1 is 1.43 bits per heavy atom. The van der Waals surface area contributed by atoms with Crippen LogP contribution in [0.1, 0.15) is 11.3 Å². The van der Waals surface area contributed by atoms with Crippen molar-refractivity contribution in [1.82, 2.24) is 14.9 Å². The van der Waals surface area contributed by atoms with Gasteiger partial charge < -0.3 is 10.2 Å². The van der Waals surface area contributed by atoms with Gasteiger partial charge in [0, 0.05) is 5.56 Å². The van der Waals surface area contributed by atoms with Crippen LogP contribution in [0.5, 0.6) is 11.5 Å². The fraction of sp³-hybridized carbons (Fsp3) is 0.0909. The van der Waals surface area contributed by atoms with E-state index in [1.165, 1.54) is 13.0 Å². The number of rotatable bonds is 2. The highest BCUT2D eigenvalue weighted by molar-refractivity contribution is 7.71. The van der Waals surface area contributed by atoms with Crippen LogP contribution in [0.2, 0.25) is 10.0 Å². The first-order chi connectivity index (χ1) is 9.82. The number of aryl methyl sites for hydroxylation is 1. The lowest BCUT2D eigenvalue weighted by Crippen LogP contribution is -2.22. The van der Waals surface area contributed by atoms with E-state index in [4.69, 9.17) is 35.4 Å². The Hall–Kier alpha value is -1.90. The van der Waals surface area contributed by atoms with E-state index in [1.807, 2.05) is 0 Å². The zero-order valence-corrected chi connectivity index (χ0v) is 12.8. The number of aromatic nitrogens is 3. The highest BCUT2D eigenvalue weighted by atomic mass is 35.5. The van der Waals surface area contributed by atoms with Gasteiger partial charge in [-0.15, -0.1) is 0 Å². The van der Waals surface area contributed by atoms with Gasteiger partial charge in [0.1, 0.15) is 16.5 Å². The molecule has 1 aromatic carbocycles. The molecule has 0 saturated heterocycles. The normalized spacial score (nSPS) is 11.2. The molecule has 110 valence electrons. The van der Waals surface area contributed by atoms with Gasteiger partial charge in [-0.25, -0.2) is 0 Å². The number of hydrogen-bond acceptors (Lipinski definition) is 6. The Balaban J connectivity index is 2.56. The lowest BCUT2D eigenvalue weighted by Gasteiger charge is -2.06. The van der Waals surface area contributed by atoms with E-state index in [-0.39, 0.29) is 26.1 Å². The molecule has 0 aliphatic rings. The molecular weight excluding hydrogens is 339 g/mol. The van der Waals surface area contributed by atoms with Gasteiger partial charge in [-0.05, 0) is 25.2 Å². The summed E-state index contributed by atoms with van der Waals surface area (Å²) in [5, 5.41) is 28.9. The van der Waals surface area contributed by atoms with Crippen molar-refractivity contribution in [2.45, 2.75) is 6.92 Å². The summed E-state index contributed by atoms with van der Waals surface area (Å²) >= 11 is 16.4. The highest BCUT2D eigenvalue weighted by Crippen LogP contribution is 2.40. The third-order valence-corrected chi connectivity index (χ3v) is 3.43. The van der Waals surface area contributed by atoms with Crippen LogP contribution in [-0.2, 0) is 0 Å². The minimum Gasteiger partial charge on any atom is -0.506 e. The fourth-order valence-electron chi connectivity index (χ4n) is 1.41. The van der Waals surface area contributed by atoms with Crippen LogP contribution in [0.3, 0.4) is 0 Å². The molecule has 0 atom stereocenters. The quantitative estimate of drug-likeness (QED) is 0.571. The van der Waals surface area contributed by atoms with Gasteiger partial charge in [-0.3, -0.25) is 9.89 Å². The molecule has 0 radical (unpaired) electrons. The Labute approximate surface area is 133 Å². The minimum absolute atomic E-state index is 0.0164. The van der Waals surface area contributed by atoms with E-state index in [0.29, 0.717) is 0 Å². The van der Waals surface area contributed by atoms with Crippen molar-refractivity contribution in [2.75, 3.05) is 0 Å². The lowest BCUT2D eigenvalue weighted by molar-refractivity contribution is 0.450. The first-order valence-electron chi connectivity index (χ1n) is 5.45. The van der Waals surface area contributed by atoms with Crippen LogP contribution >= 0.6 is 35.4 Å². The van der Waals surface area contributed by atoms with E-state index < -0.39 is 17.1 Å². The number of nitrogens with zero attached hydrogens (tertiary/aromatic N) is 3. The smallest absolute Gasteiger partial charge is 0.296 e. The van der Waals surface area contributed by atoms with E-state index in [2.05, 4.69) is 15.3 Å². The molecular formula is C11H8Cl2N4O3S. The molecule has 0 fully saturated rings. The molecule has 0 unspecified atom stereocenters. The molecule has 2 rings (SSSR count). The molecule has 3 N–H and O–H groups in total. The van der Waals surface area contributed by atoms with Gasteiger partial charge in [0.05, 0.1) is 11.2 Å². The predicted octanol–water partition coefficient (Wildman–Crippen LogP) is 2.21. The van der Waals surface area contributed by atoms with Gasteiger partial charge in [-0.2, -0.15) is 14.9 Å². The van der Waals surface area contributed by atoms with Crippen LogP contribution in [-0.4, -0.2) is 31.3 Å². The van der Waals surface area contributed by atoms with Crippen molar-refractivity contribution in [2.24, 2.45) is 5.10 Å². The molecule has 0 amide bonds. The number of H-pyrrole nitrogens is 1. The Kier molecular flexibility index (Phi) is 4.31. The lowest BCUT2D eigenvalue weighted by atomic mass is 10.2. The summed E-state index contributed by atoms with van der Waals surface area (Å²) in [4.78, 5) is 11.8. The van der Waals surface area contributed by atoms with Crippen LogP contribution in [0, 0.1) is 11.7 Å². The zero-order valence-electron chi connectivity index (χ0n) is 10.5. The second-order valence-corrected chi connectivity index (χ2v) is 5.11. The van der Waals surface area contributed by atoms with Crippen LogP contribution in [0.25, 0.3) is 0 Å². The number of aromatic hydroxyl groups is 2. The topological polar surface area (TPSA) is 104 Å². The Bertz CT molecular complexity index is 860. The number of benzene rings is 1. The van der Waals surface area contributed by atoms with Crippen molar-refractivity contribution in [3.05, 3.63) is 42.5 Å². The standard InChI is InChI=1S/C11H8Cl2N4O3S/c1-4-10(20)17(11(21)16-15-4)14-3-5-2-6(12)9(19)7(13)8(5)18/h2-3,18-19H,1H3,(H,16,21)/b14-3-. The molecule has 21 heavy (non-hydrogen) atoms. The summed E-state index contributed by atoms with van der Waals surface area (Å²) in [7, 11) is 0. The van der Waals surface area contributed by atoms with Crippen molar-refractivity contribution >= 4 is 41.6 Å². The first kappa shape index (κ1) is 15.5. The number of halogens is 2. The average molecular weight is 347 g/mol. The number of aromatic amines is 1. The van der Waals surface area contributed by atoms with E-state index >= 15 is 0 Å². The number of phenolic OH excluding ortho intramolecular Hbond substituents is 2. The fourth-order valence-corrected chi connectivity index (χ4v) is 2.06. The van der Waals surface area contributed by atoms with Crippen LogP contribution in [0.15, 0.2) is 16.0 Å². The van der Waals surface area contributed by atoms with Gasteiger partial charge >= 0.3 is 0 Å². The zero-order chi connectivity index (χ0) is 15.7. The van der Waals surface area contributed by atoms with Gasteiger partial charge in [0.15, 0.2) is 5.75 Å². The van der Waals surface area contributed by atoms with Gasteiger partial charge in [-0.1, -0.05) is 23.2 Å². The van der Waals surface area contributed by atoms with Crippen molar-refractivity contribution in [3.63, 3.8) is 0 Å². The highest BCUT2D eigenvalue weighted by Gasteiger charge is 2.13. The summed E-state index contributed by atoms with van der Waals surface area (Å²) in [6.45, 7) is 1.49. The average Bonchev–Trinajstić information content (AvgIpc) is 2.46. The molecule has 1 heterocycles. The van der Waals surface area contributed by atoms with E-state index in [0.717, 1.165) is 10.9 Å². The van der Waals surface area contributed by atoms with E-state index in [1.54, 1.807) is 0 Å². The third kappa shape index (κ3) is 2.92. The molecule has 0 spiro atoms. The predicted molar refractivity (Wildman–Crippen MR) is 81.2 cm³/mol. The monoisotopic (exact) mass is 346 g/mol. The number of phenols is 2. The third-order valence-electron chi connectivity index (χ3n) is 2.52. The Morgan fingerprint density at radius 2 is 2.10 bits per heavy atom. The number of hydrogen-bond donors (Lipinski definition) is 3. The molecule has 10 heteroatoms. The van der Waals surface area contributed by atoms with Crippen LogP contribution in [0.4, 0.5) is 0 Å². The SMILES string of the molecule is Cc1n[nH]c(=S)n(/N=C\c2cc(Cl)c(O)c(Cl)c2O)c1=O. The molecule has 0 saturated carbocycles. The van der Waals surface area contributed by atoms with Crippen molar-refractivity contribution in [1.29, 1.82) is 0 Å². The second-order valence-electron chi connectivity index (χ2n) is 3.93. The second kappa shape index (κ2) is 5.84. The molecule has 0 aliphatic carbocycles. The summed E-state index contributed by atoms with van der Waals surface area (Å²) < 4.78 is 0.878. The maximum absolute atomic E-state index is 11.8. The molecule has 7 nitrogen and oxygen atoms in total. The maximum atomic E-state index is 11.8. The summed E-state index contributed by atoms with van der Waals surface area (Å²) in [6.07, 6.45) is 1.14. The van der Waals surface area contributed by atoms with Gasteiger partial charge in [0.2, 0.25) is 4.77 Å². The van der Waals surface area contributed by atoms with Crippen molar-refractivity contribution < 1.29 is 10.2 Å². The number of nitrogens with one attached hydrogen (secondary N) is 1.